The Morgan fingerprint density at radius 2 is 2.24 bits per heavy atom. The van der Waals surface area contributed by atoms with Crippen molar-refractivity contribution in [2.24, 2.45) is 17.8 Å². The van der Waals surface area contributed by atoms with Gasteiger partial charge in [-0.1, -0.05) is 24.1 Å². The number of benzene rings is 1. The largest absolute Gasteiger partial charge is 0.298 e. The van der Waals surface area contributed by atoms with E-state index in [1.807, 2.05) is 6.07 Å². The summed E-state index contributed by atoms with van der Waals surface area (Å²) >= 11 is 5.98. The molecule has 0 aromatic heterocycles. The van der Waals surface area contributed by atoms with Crippen LogP contribution in [0.5, 0.6) is 0 Å². The molecular weight excluding hydrogens is 289 g/mol. The molecule has 2 bridgehead atoms. The maximum Gasteiger partial charge on any atom is 0.154 e. The highest BCUT2D eigenvalue weighted by Gasteiger charge is 2.41. The molecule has 2 aliphatic rings. The molecule has 1 aromatic rings. The van der Waals surface area contributed by atoms with Crippen LogP contribution in [-0.4, -0.2) is 5.78 Å². The highest BCUT2D eigenvalue weighted by atomic mass is 35.5. The third-order valence-corrected chi connectivity index (χ3v) is 5.40. The summed E-state index contributed by atoms with van der Waals surface area (Å²) in [5.74, 6) is 0.442. The summed E-state index contributed by atoms with van der Waals surface area (Å²) < 4.78 is 13.1. The quantitative estimate of drug-likeness (QED) is 0.823. The van der Waals surface area contributed by atoms with E-state index in [2.05, 4.69) is 0 Å². The van der Waals surface area contributed by atoms with Crippen molar-refractivity contribution in [2.45, 2.75) is 38.0 Å². The predicted molar refractivity (Wildman–Crippen MR) is 78.3 cm³/mol. The van der Waals surface area contributed by atoms with Gasteiger partial charge in [0.25, 0.3) is 0 Å². The fourth-order valence-corrected chi connectivity index (χ4v) is 4.33. The molecule has 0 amide bonds. The molecule has 2 saturated carbocycles. The Balaban J connectivity index is 1.74. The summed E-state index contributed by atoms with van der Waals surface area (Å²) in [5, 5.41) is 9.48. The van der Waals surface area contributed by atoms with Gasteiger partial charge in [0.2, 0.25) is 0 Å². The number of fused-ring (bicyclic) bond motifs is 2. The van der Waals surface area contributed by atoms with Gasteiger partial charge in [-0.2, -0.15) is 5.26 Å². The number of nitriles is 1. The molecule has 0 aliphatic heterocycles. The SMILES string of the molecule is N#CC(C(=O)CC1CC2CCC1C2)c1ccc(F)cc1Cl. The smallest absolute Gasteiger partial charge is 0.154 e. The highest BCUT2D eigenvalue weighted by molar-refractivity contribution is 6.31. The number of rotatable bonds is 4. The van der Waals surface area contributed by atoms with E-state index < -0.39 is 11.7 Å². The molecule has 4 atom stereocenters. The molecule has 2 aliphatic carbocycles. The lowest BCUT2D eigenvalue weighted by Gasteiger charge is -2.22. The van der Waals surface area contributed by atoms with Crippen LogP contribution in [0.1, 0.15) is 43.6 Å². The van der Waals surface area contributed by atoms with Crippen molar-refractivity contribution in [2.75, 3.05) is 0 Å². The van der Waals surface area contributed by atoms with Crippen molar-refractivity contribution < 1.29 is 9.18 Å². The van der Waals surface area contributed by atoms with E-state index >= 15 is 0 Å². The molecule has 4 unspecified atom stereocenters. The molecule has 1 aromatic carbocycles. The first kappa shape index (κ1) is 14.5. The third-order valence-electron chi connectivity index (χ3n) is 5.07. The van der Waals surface area contributed by atoms with E-state index in [9.17, 15) is 14.4 Å². The van der Waals surface area contributed by atoms with Gasteiger partial charge in [-0.05, 0) is 54.7 Å². The summed E-state index contributed by atoms with van der Waals surface area (Å²) in [6.07, 6.45) is 5.32. The van der Waals surface area contributed by atoms with E-state index in [0.717, 1.165) is 18.4 Å². The molecule has 2 fully saturated rings. The van der Waals surface area contributed by atoms with E-state index in [-0.39, 0.29) is 10.8 Å². The number of carbonyl (C=O) groups is 1. The van der Waals surface area contributed by atoms with Crippen molar-refractivity contribution >= 4 is 17.4 Å². The maximum absolute atomic E-state index is 13.1. The van der Waals surface area contributed by atoms with E-state index in [0.29, 0.717) is 23.8 Å². The van der Waals surface area contributed by atoms with Crippen molar-refractivity contribution in [1.82, 2.24) is 0 Å². The first-order chi connectivity index (χ1) is 10.1. The van der Waals surface area contributed by atoms with E-state index in [1.165, 1.54) is 31.4 Å². The van der Waals surface area contributed by atoms with Crippen LogP contribution in [0.3, 0.4) is 0 Å². The van der Waals surface area contributed by atoms with Gasteiger partial charge in [0, 0.05) is 11.4 Å². The molecule has 0 saturated heterocycles. The average Bonchev–Trinajstić information content (AvgIpc) is 3.04. The van der Waals surface area contributed by atoms with Gasteiger partial charge < -0.3 is 0 Å². The highest BCUT2D eigenvalue weighted by Crippen LogP contribution is 2.50. The van der Waals surface area contributed by atoms with E-state index in [1.54, 1.807) is 0 Å². The monoisotopic (exact) mass is 305 g/mol. The number of ketones is 1. The van der Waals surface area contributed by atoms with Gasteiger partial charge >= 0.3 is 0 Å². The van der Waals surface area contributed by atoms with Gasteiger partial charge in [0.05, 0.1) is 6.07 Å². The van der Waals surface area contributed by atoms with Gasteiger partial charge in [-0.15, -0.1) is 0 Å². The van der Waals surface area contributed by atoms with Crippen molar-refractivity contribution in [3.63, 3.8) is 0 Å². The molecule has 21 heavy (non-hydrogen) atoms. The normalized spacial score (nSPS) is 28.3. The minimum Gasteiger partial charge on any atom is -0.298 e. The minimum atomic E-state index is -0.878. The Morgan fingerprint density at radius 1 is 1.43 bits per heavy atom. The van der Waals surface area contributed by atoms with Crippen LogP contribution < -0.4 is 0 Å². The molecule has 0 heterocycles. The minimum absolute atomic E-state index is 0.0800. The molecule has 110 valence electrons. The number of Topliss-reactive ketones (excluding diaryl/α,β-unsaturated/α-hetero) is 1. The zero-order chi connectivity index (χ0) is 15.0. The van der Waals surface area contributed by atoms with Crippen LogP contribution in [0.2, 0.25) is 5.02 Å². The zero-order valence-electron chi connectivity index (χ0n) is 11.7. The summed E-state index contributed by atoms with van der Waals surface area (Å²) in [6, 6.07) is 5.89. The number of halogens is 2. The third kappa shape index (κ3) is 2.82. The van der Waals surface area contributed by atoms with Crippen LogP contribution in [0.25, 0.3) is 0 Å². The van der Waals surface area contributed by atoms with Gasteiger partial charge in [-0.25, -0.2) is 4.39 Å². The fourth-order valence-electron chi connectivity index (χ4n) is 4.05. The summed E-state index contributed by atoms with van der Waals surface area (Å²) in [5.41, 5.74) is 0.425. The second-order valence-corrected chi connectivity index (χ2v) is 6.74. The summed E-state index contributed by atoms with van der Waals surface area (Å²) in [7, 11) is 0. The Hall–Kier alpha value is -1.40. The average molecular weight is 306 g/mol. The molecule has 0 N–H and O–H groups in total. The molecule has 3 rings (SSSR count). The van der Waals surface area contributed by atoms with Crippen LogP contribution in [-0.2, 0) is 4.79 Å². The topological polar surface area (TPSA) is 40.9 Å². The van der Waals surface area contributed by atoms with Crippen LogP contribution in [0, 0.1) is 34.9 Å². The first-order valence-electron chi connectivity index (χ1n) is 7.45. The predicted octanol–water partition coefficient (Wildman–Crippen LogP) is 4.48. The number of carbonyl (C=O) groups excluding carboxylic acids is 1. The lowest BCUT2D eigenvalue weighted by molar-refractivity contribution is -0.120. The molecular formula is C17H17ClFNO. The Morgan fingerprint density at radius 3 is 2.81 bits per heavy atom. The lowest BCUT2D eigenvalue weighted by Crippen LogP contribution is -2.19. The van der Waals surface area contributed by atoms with Crippen LogP contribution >= 0.6 is 11.6 Å². The Bertz CT molecular complexity index is 609. The number of hydrogen-bond acceptors (Lipinski definition) is 2. The van der Waals surface area contributed by atoms with E-state index in [4.69, 9.17) is 11.6 Å². The maximum atomic E-state index is 13.1. The van der Waals surface area contributed by atoms with Crippen molar-refractivity contribution in [3.05, 3.63) is 34.6 Å². The Labute approximate surface area is 128 Å². The molecule has 0 radical (unpaired) electrons. The van der Waals surface area contributed by atoms with Crippen LogP contribution in [0.4, 0.5) is 4.39 Å². The van der Waals surface area contributed by atoms with Crippen molar-refractivity contribution in [3.8, 4) is 6.07 Å². The number of hydrogen-bond donors (Lipinski definition) is 0. The van der Waals surface area contributed by atoms with Gasteiger partial charge in [0.15, 0.2) is 5.78 Å². The van der Waals surface area contributed by atoms with Crippen LogP contribution in [0.15, 0.2) is 18.2 Å². The molecule has 0 spiro atoms. The Kier molecular flexibility index (Phi) is 3.99. The standard InChI is InChI=1S/C17H17ClFNO/c18-16-8-13(19)3-4-14(16)15(9-20)17(21)7-12-6-10-1-2-11(12)5-10/h3-4,8,10-12,15H,1-2,5-7H2. The fraction of sp³-hybridized carbons (Fsp3) is 0.529. The molecule has 2 nitrogen and oxygen atoms in total. The van der Waals surface area contributed by atoms with Gasteiger partial charge in [0.1, 0.15) is 11.7 Å². The number of nitrogens with zero attached hydrogens (tertiary/aromatic N) is 1. The summed E-state index contributed by atoms with van der Waals surface area (Å²) in [6.45, 7) is 0. The molecule has 4 heteroatoms. The zero-order valence-corrected chi connectivity index (χ0v) is 12.4. The van der Waals surface area contributed by atoms with Gasteiger partial charge in [-0.3, -0.25) is 4.79 Å². The second kappa shape index (κ2) is 5.77. The lowest BCUT2D eigenvalue weighted by atomic mass is 9.82. The summed E-state index contributed by atoms with van der Waals surface area (Å²) in [4.78, 5) is 12.5. The first-order valence-corrected chi connectivity index (χ1v) is 7.83. The van der Waals surface area contributed by atoms with Crippen molar-refractivity contribution in [1.29, 1.82) is 5.26 Å². The second-order valence-electron chi connectivity index (χ2n) is 6.33.